The van der Waals surface area contributed by atoms with E-state index in [0.717, 1.165) is 0 Å². The van der Waals surface area contributed by atoms with Crippen molar-refractivity contribution >= 4 is 29.1 Å². The molecule has 1 aromatic rings. The van der Waals surface area contributed by atoms with Gasteiger partial charge in [-0.05, 0) is 24.6 Å². The van der Waals surface area contributed by atoms with E-state index >= 15 is 0 Å². The zero-order chi connectivity index (χ0) is 13.1. The van der Waals surface area contributed by atoms with Crippen molar-refractivity contribution < 1.29 is 9.90 Å². The summed E-state index contributed by atoms with van der Waals surface area (Å²) in [5.74, 6) is -0.110. The van der Waals surface area contributed by atoms with E-state index < -0.39 is 0 Å². The van der Waals surface area contributed by atoms with Gasteiger partial charge in [0.05, 0.1) is 10.6 Å². The number of aliphatic hydroxyl groups is 1. The Labute approximate surface area is 115 Å². The molecule has 1 aliphatic carbocycles. The van der Waals surface area contributed by atoms with Gasteiger partial charge in [0, 0.05) is 23.6 Å². The largest absolute Gasteiger partial charge is 0.396 e. The number of carbonyl (C=O) groups excluding carboxylic acids is 1. The van der Waals surface area contributed by atoms with Gasteiger partial charge in [-0.15, -0.1) is 0 Å². The number of aliphatic hydroxyl groups excluding tert-OH is 1. The van der Waals surface area contributed by atoms with Crippen LogP contribution in [0.4, 0.5) is 0 Å². The molecule has 3 nitrogen and oxygen atoms in total. The number of amides is 1. The fourth-order valence-corrected chi connectivity index (χ4v) is 2.43. The Hall–Kier alpha value is -1.03. The predicted octanol–water partition coefficient (Wildman–Crippen LogP) is 2.66. The Morgan fingerprint density at radius 3 is 2.78 bits per heavy atom. The highest BCUT2D eigenvalue weighted by Crippen LogP contribution is 2.22. The van der Waals surface area contributed by atoms with Crippen LogP contribution in [-0.2, 0) is 0 Å². The van der Waals surface area contributed by atoms with Gasteiger partial charge in [0.15, 0.2) is 0 Å². The first-order chi connectivity index (χ1) is 8.60. The number of nitrogens with one attached hydrogen (secondary N) is 1. The Balaban J connectivity index is 2.02. The maximum absolute atomic E-state index is 12.0. The third kappa shape index (κ3) is 3.05. The molecule has 0 heterocycles. The van der Waals surface area contributed by atoms with Crippen molar-refractivity contribution in [2.45, 2.75) is 12.5 Å². The lowest BCUT2D eigenvalue weighted by atomic mass is 10.1. The van der Waals surface area contributed by atoms with E-state index in [1.165, 1.54) is 0 Å². The summed E-state index contributed by atoms with van der Waals surface area (Å²) < 4.78 is 0. The molecule has 5 heteroatoms. The molecule has 1 aliphatic rings. The molecule has 18 heavy (non-hydrogen) atoms. The Kier molecular flexibility index (Phi) is 4.27. The maximum Gasteiger partial charge on any atom is 0.253 e. The number of benzene rings is 1. The Bertz CT molecular complexity index is 488. The molecule has 0 bridgehead atoms. The van der Waals surface area contributed by atoms with Crippen LogP contribution in [0.3, 0.4) is 0 Å². The van der Waals surface area contributed by atoms with E-state index in [1.807, 2.05) is 12.2 Å². The van der Waals surface area contributed by atoms with E-state index in [1.54, 1.807) is 18.2 Å². The van der Waals surface area contributed by atoms with Crippen LogP contribution in [0.15, 0.2) is 30.4 Å². The fraction of sp³-hybridized carbons (Fsp3) is 0.308. The highest BCUT2D eigenvalue weighted by Gasteiger charge is 2.21. The average Bonchev–Trinajstić information content (AvgIpc) is 2.76. The Morgan fingerprint density at radius 2 is 2.17 bits per heavy atom. The van der Waals surface area contributed by atoms with Gasteiger partial charge in [0.25, 0.3) is 5.91 Å². The van der Waals surface area contributed by atoms with E-state index in [4.69, 9.17) is 28.3 Å². The summed E-state index contributed by atoms with van der Waals surface area (Å²) in [6.45, 7) is 0.102. The van der Waals surface area contributed by atoms with Crippen LogP contribution < -0.4 is 5.32 Å². The minimum atomic E-state index is -0.232. The van der Waals surface area contributed by atoms with Crippen molar-refractivity contribution in [1.29, 1.82) is 0 Å². The molecule has 0 unspecified atom stereocenters. The lowest BCUT2D eigenvalue weighted by Crippen LogP contribution is -2.33. The quantitative estimate of drug-likeness (QED) is 0.839. The van der Waals surface area contributed by atoms with Gasteiger partial charge in [-0.1, -0.05) is 35.4 Å². The maximum atomic E-state index is 12.0. The summed E-state index contributed by atoms with van der Waals surface area (Å²) in [5, 5.41) is 12.7. The number of hydrogen-bond donors (Lipinski definition) is 2. The zero-order valence-corrected chi connectivity index (χ0v) is 11.1. The van der Waals surface area contributed by atoms with E-state index in [9.17, 15) is 4.79 Å². The van der Waals surface area contributed by atoms with Crippen molar-refractivity contribution in [3.05, 3.63) is 46.0 Å². The van der Waals surface area contributed by atoms with Gasteiger partial charge in [-0.2, -0.15) is 0 Å². The van der Waals surface area contributed by atoms with Crippen LogP contribution in [0.1, 0.15) is 16.8 Å². The summed E-state index contributed by atoms with van der Waals surface area (Å²) in [6.07, 6.45) is 4.52. The summed E-state index contributed by atoms with van der Waals surface area (Å²) in [6, 6.07) is 4.71. The monoisotopic (exact) mass is 285 g/mol. The van der Waals surface area contributed by atoms with Crippen molar-refractivity contribution in [1.82, 2.24) is 5.32 Å². The third-order valence-electron chi connectivity index (χ3n) is 2.90. The molecule has 0 saturated carbocycles. The second-order valence-electron chi connectivity index (χ2n) is 4.27. The minimum absolute atomic E-state index is 0.0543. The first-order valence-electron chi connectivity index (χ1n) is 5.65. The van der Waals surface area contributed by atoms with Crippen LogP contribution in [-0.4, -0.2) is 23.7 Å². The Morgan fingerprint density at radius 1 is 1.39 bits per heavy atom. The smallest absolute Gasteiger partial charge is 0.253 e. The van der Waals surface area contributed by atoms with Crippen LogP contribution in [0.2, 0.25) is 10.0 Å². The molecule has 0 radical (unpaired) electrons. The molecule has 0 spiro atoms. The topological polar surface area (TPSA) is 49.3 Å². The average molecular weight is 286 g/mol. The van der Waals surface area contributed by atoms with Crippen LogP contribution >= 0.6 is 23.2 Å². The van der Waals surface area contributed by atoms with Crippen molar-refractivity contribution in [2.75, 3.05) is 6.61 Å². The second-order valence-corrected chi connectivity index (χ2v) is 5.11. The predicted molar refractivity (Wildman–Crippen MR) is 72.0 cm³/mol. The minimum Gasteiger partial charge on any atom is -0.396 e. The second kappa shape index (κ2) is 5.74. The first kappa shape index (κ1) is 13.4. The number of rotatable bonds is 3. The highest BCUT2D eigenvalue weighted by molar-refractivity contribution is 6.36. The first-order valence-corrected chi connectivity index (χ1v) is 6.41. The van der Waals surface area contributed by atoms with Crippen LogP contribution in [0.25, 0.3) is 0 Å². The standard InChI is InChI=1S/C13H13Cl2NO2/c14-9-2-4-11(12(15)6-9)13(18)16-10-3-1-8(5-10)7-17/h1-4,6,8,10,17H,5,7H2,(H,16,18)/t8-,10+/m0/s1. The van der Waals surface area contributed by atoms with Gasteiger partial charge in [-0.3, -0.25) is 4.79 Å². The molecule has 0 aliphatic heterocycles. The van der Waals surface area contributed by atoms with Gasteiger partial charge >= 0.3 is 0 Å². The fourth-order valence-electron chi connectivity index (χ4n) is 1.94. The molecule has 0 saturated heterocycles. The van der Waals surface area contributed by atoms with Crippen molar-refractivity contribution in [2.24, 2.45) is 5.92 Å². The van der Waals surface area contributed by atoms with Crippen molar-refractivity contribution in [3.63, 3.8) is 0 Å². The molecule has 2 atom stereocenters. The van der Waals surface area contributed by atoms with Gasteiger partial charge in [0.2, 0.25) is 0 Å². The van der Waals surface area contributed by atoms with Crippen LogP contribution in [0.5, 0.6) is 0 Å². The van der Waals surface area contributed by atoms with Gasteiger partial charge < -0.3 is 10.4 Å². The van der Waals surface area contributed by atoms with Gasteiger partial charge in [-0.25, -0.2) is 0 Å². The molecule has 0 aromatic heterocycles. The molecular formula is C13H13Cl2NO2. The summed E-state index contributed by atoms with van der Waals surface area (Å²) in [7, 11) is 0. The zero-order valence-electron chi connectivity index (χ0n) is 9.57. The molecule has 2 rings (SSSR count). The number of hydrogen-bond acceptors (Lipinski definition) is 2. The normalized spacial score (nSPS) is 22.2. The van der Waals surface area contributed by atoms with E-state index in [0.29, 0.717) is 22.0 Å². The molecule has 1 aromatic carbocycles. The summed E-state index contributed by atoms with van der Waals surface area (Å²) in [4.78, 5) is 12.0. The van der Waals surface area contributed by atoms with E-state index in [-0.39, 0.29) is 24.5 Å². The summed E-state index contributed by atoms with van der Waals surface area (Å²) in [5.41, 5.74) is 0.405. The molecular weight excluding hydrogens is 273 g/mol. The van der Waals surface area contributed by atoms with E-state index in [2.05, 4.69) is 5.32 Å². The molecule has 2 N–H and O–H groups in total. The molecule has 96 valence electrons. The number of carbonyl (C=O) groups is 1. The molecule has 0 fully saturated rings. The SMILES string of the molecule is O=C(N[C@@H]1C=C[C@H](CO)C1)c1ccc(Cl)cc1Cl. The third-order valence-corrected chi connectivity index (χ3v) is 3.45. The lowest BCUT2D eigenvalue weighted by Gasteiger charge is -2.13. The van der Waals surface area contributed by atoms with Crippen molar-refractivity contribution in [3.8, 4) is 0 Å². The molecule has 1 amide bonds. The highest BCUT2D eigenvalue weighted by atomic mass is 35.5. The van der Waals surface area contributed by atoms with Gasteiger partial charge in [0.1, 0.15) is 0 Å². The lowest BCUT2D eigenvalue weighted by molar-refractivity contribution is 0.0941. The van der Waals surface area contributed by atoms with Crippen LogP contribution in [0, 0.1) is 5.92 Å². The number of halogens is 2. The summed E-state index contributed by atoms with van der Waals surface area (Å²) >= 11 is 11.7.